The molecule has 1 aliphatic rings. The Labute approximate surface area is 52.1 Å². The van der Waals surface area contributed by atoms with Crippen LogP contribution >= 0.6 is 0 Å². The van der Waals surface area contributed by atoms with Crippen molar-refractivity contribution in [2.24, 2.45) is 0 Å². The molecule has 0 aromatic rings. The van der Waals surface area contributed by atoms with Gasteiger partial charge in [-0.1, -0.05) is 0 Å². The summed E-state index contributed by atoms with van der Waals surface area (Å²) in [5.41, 5.74) is 0. The van der Waals surface area contributed by atoms with Gasteiger partial charge in [0.05, 0.1) is 0 Å². The summed E-state index contributed by atoms with van der Waals surface area (Å²) in [6.07, 6.45) is 0. The summed E-state index contributed by atoms with van der Waals surface area (Å²) in [7, 11) is 0. The molecule has 0 atom stereocenters. The van der Waals surface area contributed by atoms with Crippen LogP contribution in [0.25, 0.3) is 0 Å². The summed E-state index contributed by atoms with van der Waals surface area (Å²) in [6, 6.07) is 0. The Morgan fingerprint density at radius 1 is 1.67 bits per heavy atom. The SMILES string of the molecule is [H-].[H-].[Mg+2].[O-][N+]1(O)OO1. The molecule has 5 nitrogen and oxygen atoms in total. The van der Waals surface area contributed by atoms with Crippen molar-refractivity contribution < 1.29 is 23.2 Å². The Morgan fingerprint density at radius 2 is 1.83 bits per heavy atom. The van der Waals surface area contributed by atoms with Gasteiger partial charge in [0.2, 0.25) is 0 Å². The second-order valence-electron chi connectivity index (χ2n) is 0.618. The van der Waals surface area contributed by atoms with Gasteiger partial charge in [0.25, 0.3) is 0 Å². The maximum atomic E-state index is 9.26. The standard InChI is InChI=1S/Mg.HNO4.2H/c;2-1(3)4-5-1;;/h;2H;;/q+2;;2*-1. The van der Waals surface area contributed by atoms with Crippen molar-refractivity contribution in [2.45, 2.75) is 0 Å². The van der Waals surface area contributed by atoms with Crippen LogP contribution in [0.2, 0.25) is 0 Å². The van der Waals surface area contributed by atoms with Crippen molar-refractivity contribution >= 4 is 23.1 Å². The van der Waals surface area contributed by atoms with E-state index in [0.717, 1.165) is 0 Å². The second-order valence-corrected chi connectivity index (χ2v) is 0.618. The average molecular weight is 105 g/mol. The van der Waals surface area contributed by atoms with E-state index in [2.05, 4.69) is 9.98 Å². The molecular formula is H3MgNO4. The molecule has 0 aliphatic carbocycles. The molecule has 0 saturated carbocycles. The zero-order valence-corrected chi connectivity index (χ0v) is 4.24. The molecule has 6 heteroatoms. The molecule has 0 aromatic heterocycles. The van der Waals surface area contributed by atoms with Gasteiger partial charge in [-0.25, -0.2) is 0 Å². The van der Waals surface area contributed by atoms with Gasteiger partial charge in [-0.2, -0.15) is 0 Å². The first-order chi connectivity index (χ1) is 2.21. The molecule has 1 heterocycles. The minimum Gasteiger partial charge on any atom is -1.00 e. The zero-order valence-electron chi connectivity index (χ0n) is 4.83. The first-order valence-electron chi connectivity index (χ1n) is 0.914. The van der Waals surface area contributed by atoms with Crippen molar-refractivity contribution in [3.63, 3.8) is 0 Å². The molecular weight excluding hydrogens is 102 g/mol. The summed E-state index contributed by atoms with van der Waals surface area (Å²) in [6.45, 7) is 0. The van der Waals surface area contributed by atoms with E-state index in [0.29, 0.717) is 0 Å². The third kappa shape index (κ3) is 1.87. The van der Waals surface area contributed by atoms with Crippen molar-refractivity contribution in [3.8, 4) is 0 Å². The molecule has 0 unspecified atom stereocenters. The predicted molar refractivity (Wildman–Crippen MR) is 15.6 cm³/mol. The van der Waals surface area contributed by atoms with E-state index >= 15 is 0 Å². The normalized spacial score (nSPS) is 25.0. The zero-order chi connectivity index (χ0) is 3.91. The molecule has 1 aliphatic heterocycles. The topological polar surface area (TPSA) is 68.3 Å². The Bertz CT molecular complexity index is 52.0. The smallest absolute Gasteiger partial charge is 1.00 e. The van der Waals surface area contributed by atoms with Crippen LogP contribution in [0.15, 0.2) is 0 Å². The van der Waals surface area contributed by atoms with Gasteiger partial charge in [0.1, 0.15) is 9.98 Å². The van der Waals surface area contributed by atoms with Crippen molar-refractivity contribution in [1.29, 1.82) is 0 Å². The van der Waals surface area contributed by atoms with Crippen molar-refractivity contribution in [1.82, 2.24) is 0 Å². The average Bonchev–Trinajstić information content (AvgIpc) is 1.76. The fourth-order valence-electron chi connectivity index (χ4n) is 0.0285. The molecule has 0 spiro atoms. The van der Waals surface area contributed by atoms with E-state index in [9.17, 15) is 5.21 Å². The van der Waals surface area contributed by atoms with Gasteiger partial charge >= 0.3 is 23.1 Å². The van der Waals surface area contributed by atoms with Crippen molar-refractivity contribution in [3.05, 3.63) is 5.21 Å². The quantitative estimate of drug-likeness (QED) is 0.146. The van der Waals surface area contributed by atoms with Gasteiger partial charge in [-0.15, -0.1) is 5.21 Å². The summed E-state index contributed by atoms with van der Waals surface area (Å²) in [4.78, 5) is 6.67. The molecule has 34 valence electrons. The minimum absolute atomic E-state index is 0. The van der Waals surface area contributed by atoms with Gasteiger partial charge < -0.3 is 8.06 Å². The van der Waals surface area contributed by atoms with E-state index in [1.165, 1.54) is 0 Å². The Kier molecular flexibility index (Phi) is 1.73. The van der Waals surface area contributed by atoms with Gasteiger partial charge in [-0.3, -0.25) is 0 Å². The van der Waals surface area contributed by atoms with E-state index < -0.39 is 5.14 Å². The van der Waals surface area contributed by atoms with Crippen LogP contribution in [0.3, 0.4) is 0 Å². The number of quaternary nitrogens is 1. The number of rotatable bonds is 0. The van der Waals surface area contributed by atoms with Crippen LogP contribution in [-0.4, -0.2) is 33.4 Å². The van der Waals surface area contributed by atoms with Gasteiger partial charge in [0.15, 0.2) is 5.14 Å². The van der Waals surface area contributed by atoms with Crippen LogP contribution in [0.5, 0.6) is 0 Å². The maximum Gasteiger partial charge on any atom is 2.00 e. The van der Waals surface area contributed by atoms with Crippen LogP contribution < -0.4 is 0 Å². The summed E-state index contributed by atoms with van der Waals surface area (Å²) >= 11 is 0. The largest absolute Gasteiger partial charge is 2.00 e. The van der Waals surface area contributed by atoms with Crippen LogP contribution in [0, 0.1) is 5.21 Å². The second kappa shape index (κ2) is 1.58. The van der Waals surface area contributed by atoms with E-state index in [1.807, 2.05) is 0 Å². The first-order valence-corrected chi connectivity index (χ1v) is 0.914. The number of hydrogen-bond acceptors (Lipinski definition) is 4. The van der Waals surface area contributed by atoms with Crippen molar-refractivity contribution in [2.75, 3.05) is 0 Å². The molecule has 6 heavy (non-hydrogen) atoms. The molecule has 1 saturated heterocycles. The Balaban J connectivity index is -0.0000000833. The van der Waals surface area contributed by atoms with E-state index in [-0.39, 0.29) is 25.9 Å². The fraction of sp³-hybridized carbons (Fsp3) is 0. The molecule has 1 rings (SSSR count). The summed E-state index contributed by atoms with van der Waals surface area (Å²) < 4.78 is 0. The number of nitrogens with zero attached hydrogens (tertiary/aromatic N) is 1. The third-order valence-electron chi connectivity index (χ3n) is 0.202. The molecule has 0 aromatic carbocycles. The van der Waals surface area contributed by atoms with Gasteiger partial charge in [-0.05, 0) is 0 Å². The monoisotopic (exact) mass is 105 g/mol. The first kappa shape index (κ1) is 6.57. The minimum atomic E-state index is -2.00. The maximum absolute atomic E-state index is 9.26. The number of hydrogen-bond donors (Lipinski definition) is 1. The van der Waals surface area contributed by atoms with Gasteiger partial charge in [0, 0.05) is 0 Å². The molecule has 0 radical (unpaired) electrons. The summed E-state index contributed by atoms with van der Waals surface area (Å²) in [5, 5.41) is 14.8. The van der Waals surface area contributed by atoms with E-state index in [1.54, 1.807) is 0 Å². The summed E-state index contributed by atoms with van der Waals surface area (Å²) in [5.74, 6) is 0. The molecule has 0 bridgehead atoms. The third-order valence-corrected chi connectivity index (χ3v) is 0.202. The van der Waals surface area contributed by atoms with E-state index in [4.69, 9.17) is 5.21 Å². The Morgan fingerprint density at radius 3 is 1.83 bits per heavy atom. The fourth-order valence-corrected chi connectivity index (χ4v) is 0.0285. The molecule has 0 amide bonds. The van der Waals surface area contributed by atoms with Crippen LogP contribution in [0.4, 0.5) is 0 Å². The molecule has 1 fully saturated rings. The molecule has 1 N–H and O–H groups in total. The Hall–Kier alpha value is 0.566. The predicted octanol–water partition coefficient (Wildman–Crippen LogP) is -0.674. The van der Waals surface area contributed by atoms with Crippen LogP contribution in [0.1, 0.15) is 2.85 Å². The van der Waals surface area contributed by atoms with Crippen LogP contribution in [-0.2, 0) is 9.98 Å².